The van der Waals surface area contributed by atoms with E-state index in [1.54, 1.807) is 11.8 Å². The van der Waals surface area contributed by atoms with Gasteiger partial charge in [0, 0.05) is 24.1 Å². The second-order valence-electron chi connectivity index (χ2n) is 5.57. The summed E-state index contributed by atoms with van der Waals surface area (Å²) in [5.41, 5.74) is 4.55. The molecule has 0 bridgehead atoms. The molecule has 3 rings (SSSR count). The predicted octanol–water partition coefficient (Wildman–Crippen LogP) is 4.52. The number of hydrogen-bond donors (Lipinski definition) is 2. The lowest BCUT2D eigenvalue weighted by atomic mass is 10.2. The van der Waals surface area contributed by atoms with Gasteiger partial charge < -0.3 is 10.6 Å². The number of aryl methyl sites for hydroxylation is 1. The van der Waals surface area contributed by atoms with E-state index in [2.05, 4.69) is 51.8 Å². The van der Waals surface area contributed by atoms with Crippen molar-refractivity contribution in [3.8, 4) is 0 Å². The fraction of sp³-hybridized carbons (Fsp3) is 0.158. The largest absolute Gasteiger partial charge is 0.383 e. The summed E-state index contributed by atoms with van der Waals surface area (Å²) in [6, 6.07) is 18.5. The second-order valence-corrected chi connectivity index (χ2v) is 6.53. The number of hydrogen-bond acceptors (Lipinski definition) is 4. The highest BCUT2D eigenvalue weighted by Crippen LogP contribution is 2.22. The van der Waals surface area contributed by atoms with Crippen molar-refractivity contribution in [3.63, 3.8) is 0 Å². The number of allylic oxidation sites excluding steroid dienone is 1. The average Bonchev–Trinajstić information content (AvgIpc) is 2.57. The van der Waals surface area contributed by atoms with Gasteiger partial charge in [-0.15, -0.1) is 0 Å². The number of rotatable bonds is 5. The number of benzene rings is 2. The van der Waals surface area contributed by atoms with E-state index in [-0.39, 0.29) is 0 Å². The van der Waals surface area contributed by atoms with E-state index in [1.807, 2.05) is 43.5 Å². The van der Waals surface area contributed by atoms with Gasteiger partial charge in [0.25, 0.3) is 0 Å². The second kappa shape index (κ2) is 7.84. The van der Waals surface area contributed by atoms with Crippen LogP contribution >= 0.6 is 11.8 Å². The zero-order valence-electron chi connectivity index (χ0n) is 13.8. The Bertz CT molecular complexity index is 777. The highest BCUT2D eigenvalue weighted by atomic mass is 32.2. The molecule has 0 radical (unpaired) electrons. The van der Waals surface area contributed by atoms with Crippen LogP contribution in [0.5, 0.6) is 0 Å². The molecule has 0 aromatic heterocycles. The van der Waals surface area contributed by atoms with Crippen LogP contribution < -0.4 is 10.6 Å². The molecule has 0 unspecified atom stereocenters. The van der Waals surface area contributed by atoms with E-state index in [0.29, 0.717) is 0 Å². The Balaban J connectivity index is 1.49. The van der Waals surface area contributed by atoms with Crippen molar-refractivity contribution in [2.45, 2.75) is 20.4 Å². The van der Waals surface area contributed by atoms with E-state index >= 15 is 0 Å². The molecule has 2 aromatic rings. The number of aliphatic imine (C=N–C) groups is 2. The van der Waals surface area contributed by atoms with Crippen LogP contribution in [0, 0.1) is 6.92 Å². The van der Waals surface area contributed by atoms with Gasteiger partial charge in [0.15, 0.2) is 10.3 Å². The third kappa shape index (κ3) is 4.73. The SMILES string of the molecule is CC(=CN=C1N=C(Nc2ccc(C)cc2)S1)NCc1ccccc1. The van der Waals surface area contributed by atoms with Crippen molar-refractivity contribution in [2.24, 2.45) is 9.98 Å². The lowest BCUT2D eigenvalue weighted by Crippen LogP contribution is -2.19. The van der Waals surface area contributed by atoms with Crippen LogP contribution in [0.3, 0.4) is 0 Å². The lowest BCUT2D eigenvalue weighted by Gasteiger charge is -2.15. The van der Waals surface area contributed by atoms with E-state index in [9.17, 15) is 0 Å². The Morgan fingerprint density at radius 2 is 1.83 bits per heavy atom. The van der Waals surface area contributed by atoms with Crippen molar-refractivity contribution >= 4 is 27.8 Å². The van der Waals surface area contributed by atoms with Gasteiger partial charge >= 0.3 is 0 Å². The molecule has 0 amide bonds. The van der Waals surface area contributed by atoms with E-state index in [4.69, 9.17) is 0 Å². The van der Waals surface area contributed by atoms with E-state index in [0.717, 1.165) is 28.3 Å². The summed E-state index contributed by atoms with van der Waals surface area (Å²) in [6.45, 7) is 4.88. The van der Waals surface area contributed by atoms with Gasteiger partial charge in [-0.3, -0.25) is 0 Å². The normalized spacial score (nSPS) is 15.7. The first-order chi connectivity index (χ1) is 11.7. The van der Waals surface area contributed by atoms with Gasteiger partial charge in [0.2, 0.25) is 0 Å². The molecular formula is C19H20N4S. The highest BCUT2D eigenvalue weighted by Gasteiger charge is 2.16. The molecule has 1 aliphatic heterocycles. The summed E-state index contributed by atoms with van der Waals surface area (Å²) in [7, 11) is 0. The molecule has 24 heavy (non-hydrogen) atoms. The maximum absolute atomic E-state index is 4.38. The Morgan fingerprint density at radius 1 is 1.12 bits per heavy atom. The summed E-state index contributed by atoms with van der Waals surface area (Å²) < 4.78 is 0. The van der Waals surface area contributed by atoms with Crippen molar-refractivity contribution < 1.29 is 0 Å². The molecule has 0 aliphatic carbocycles. The summed E-state index contributed by atoms with van der Waals surface area (Å²) >= 11 is 1.55. The van der Waals surface area contributed by atoms with Gasteiger partial charge in [0.1, 0.15) is 0 Å². The molecule has 0 saturated heterocycles. The minimum atomic E-state index is 0.769. The zero-order chi connectivity index (χ0) is 16.8. The van der Waals surface area contributed by atoms with Gasteiger partial charge in [-0.2, -0.15) is 4.99 Å². The fourth-order valence-corrected chi connectivity index (χ4v) is 2.67. The fourth-order valence-electron chi connectivity index (χ4n) is 2.08. The summed E-state index contributed by atoms with van der Waals surface area (Å²) in [5, 5.41) is 8.25. The van der Waals surface area contributed by atoms with Crippen LogP contribution in [0.4, 0.5) is 5.69 Å². The van der Waals surface area contributed by atoms with Crippen molar-refractivity contribution in [3.05, 3.63) is 77.6 Å². The molecule has 1 aliphatic rings. The summed E-state index contributed by atoms with van der Waals surface area (Å²) in [5.74, 6) is 0. The molecule has 5 heteroatoms. The van der Waals surface area contributed by atoms with Crippen LogP contribution in [0.2, 0.25) is 0 Å². The molecule has 0 spiro atoms. The maximum Gasteiger partial charge on any atom is 0.197 e. The van der Waals surface area contributed by atoms with Gasteiger partial charge in [-0.25, -0.2) is 4.99 Å². The lowest BCUT2D eigenvalue weighted by molar-refractivity contribution is 0.808. The quantitative estimate of drug-likeness (QED) is 0.844. The predicted molar refractivity (Wildman–Crippen MR) is 104 cm³/mol. The molecular weight excluding hydrogens is 316 g/mol. The standard InChI is InChI=1S/C19H20N4S/c1-14-8-10-17(11-9-14)22-19-23-18(24-19)21-12-15(2)20-13-16-6-4-3-5-7-16/h3-12,20H,13H2,1-2H3,(H,21,22,23). The first-order valence-electron chi connectivity index (χ1n) is 7.82. The molecule has 122 valence electrons. The van der Waals surface area contributed by atoms with Crippen molar-refractivity contribution in [1.82, 2.24) is 5.32 Å². The summed E-state index contributed by atoms with van der Waals surface area (Å²) in [4.78, 5) is 8.75. The average molecular weight is 336 g/mol. The maximum atomic E-state index is 4.38. The first kappa shape index (κ1) is 16.3. The molecule has 2 N–H and O–H groups in total. The van der Waals surface area contributed by atoms with Crippen molar-refractivity contribution in [2.75, 3.05) is 5.32 Å². The minimum absolute atomic E-state index is 0.769. The number of amidine groups is 2. The minimum Gasteiger partial charge on any atom is -0.383 e. The molecule has 0 atom stereocenters. The summed E-state index contributed by atoms with van der Waals surface area (Å²) in [6.07, 6.45) is 1.82. The van der Waals surface area contributed by atoms with Crippen LogP contribution in [0.1, 0.15) is 18.1 Å². The third-order valence-corrected chi connectivity index (χ3v) is 4.24. The van der Waals surface area contributed by atoms with Crippen LogP contribution in [-0.2, 0) is 6.54 Å². The Labute approximate surface area is 146 Å². The molecule has 2 aromatic carbocycles. The number of anilines is 1. The Hall–Kier alpha value is -2.53. The first-order valence-corrected chi connectivity index (χ1v) is 8.63. The zero-order valence-corrected chi connectivity index (χ0v) is 14.6. The monoisotopic (exact) mass is 336 g/mol. The molecule has 0 saturated carbocycles. The molecule has 0 fully saturated rings. The molecule has 4 nitrogen and oxygen atoms in total. The van der Waals surface area contributed by atoms with Gasteiger partial charge in [-0.1, -0.05) is 48.0 Å². The smallest absolute Gasteiger partial charge is 0.197 e. The van der Waals surface area contributed by atoms with Gasteiger partial charge in [0.05, 0.1) is 0 Å². The van der Waals surface area contributed by atoms with Crippen LogP contribution in [0.25, 0.3) is 0 Å². The number of thioether (sulfide) groups is 1. The molecule has 1 heterocycles. The Kier molecular flexibility index (Phi) is 5.33. The van der Waals surface area contributed by atoms with Crippen LogP contribution in [0.15, 0.2) is 76.5 Å². The van der Waals surface area contributed by atoms with E-state index < -0.39 is 0 Å². The Morgan fingerprint density at radius 3 is 2.54 bits per heavy atom. The van der Waals surface area contributed by atoms with E-state index in [1.165, 1.54) is 11.1 Å². The van der Waals surface area contributed by atoms with Crippen molar-refractivity contribution in [1.29, 1.82) is 0 Å². The number of nitrogens with one attached hydrogen (secondary N) is 2. The topological polar surface area (TPSA) is 48.8 Å². The van der Waals surface area contributed by atoms with Gasteiger partial charge in [-0.05, 0) is 43.3 Å². The number of nitrogens with zero attached hydrogens (tertiary/aromatic N) is 2. The third-order valence-electron chi connectivity index (χ3n) is 3.47. The van der Waals surface area contributed by atoms with Crippen LogP contribution in [-0.4, -0.2) is 10.3 Å². The highest BCUT2D eigenvalue weighted by molar-refractivity contribution is 8.29.